The Hall–Kier alpha value is -6.80. The Morgan fingerprint density at radius 2 is 0.691 bits per heavy atom. The van der Waals surface area contributed by atoms with Crippen molar-refractivity contribution in [2.75, 3.05) is 0 Å². The first-order valence-electron chi connectivity index (χ1n) is 19.0. The van der Waals surface area contributed by atoms with Gasteiger partial charge >= 0.3 is 0 Å². The fourth-order valence-electron chi connectivity index (χ4n) is 9.46. The Kier molecular flexibility index (Phi) is 6.60. The third-order valence-electron chi connectivity index (χ3n) is 11.8. The molecule has 1 heterocycles. The molecule has 0 saturated heterocycles. The number of benzene rings is 11. The van der Waals surface area contributed by atoms with Gasteiger partial charge in [-0.05, 0) is 128 Å². The lowest BCUT2D eigenvalue weighted by molar-refractivity contribution is 1.64. The van der Waals surface area contributed by atoms with Gasteiger partial charge in [-0.2, -0.15) is 0 Å². The molecule has 0 fully saturated rings. The second-order valence-corrected chi connectivity index (χ2v) is 15.8. The Bertz CT molecular complexity index is 3490. The highest BCUT2D eigenvalue weighted by Crippen LogP contribution is 2.49. The van der Waals surface area contributed by atoms with E-state index in [4.69, 9.17) is 0 Å². The Morgan fingerprint density at radius 3 is 1.36 bits per heavy atom. The molecule has 12 aromatic rings. The molecule has 12 rings (SSSR count). The van der Waals surface area contributed by atoms with Gasteiger partial charge in [-0.3, -0.25) is 0 Å². The third kappa shape index (κ3) is 4.51. The minimum Gasteiger partial charge on any atom is -0.135 e. The molecule has 0 N–H and O–H groups in total. The molecule has 0 radical (unpaired) electrons. The molecular weight excluding hydrogens is 681 g/mol. The molecule has 0 atom stereocenters. The van der Waals surface area contributed by atoms with Crippen LogP contribution in [-0.2, 0) is 0 Å². The van der Waals surface area contributed by atoms with Crippen LogP contribution in [0.3, 0.4) is 0 Å². The van der Waals surface area contributed by atoms with Crippen LogP contribution >= 0.6 is 11.3 Å². The highest BCUT2D eigenvalue weighted by Gasteiger charge is 2.21. The second-order valence-electron chi connectivity index (χ2n) is 14.7. The summed E-state index contributed by atoms with van der Waals surface area (Å²) in [5.41, 5.74) is 7.54. The average molecular weight is 713 g/mol. The molecule has 0 nitrogen and oxygen atoms in total. The lowest BCUT2D eigenvalue weighted by atomic mass is 9.82. The van der Waals surface area contributed by atoms with Crippen LogP contribution in [0.2, 0.25) is 0 Å². The molecule has 254 valence electrons. The van der Waals surface area contributed by atoms with Crippen molar-refractivity contribution in [3.63, 3.8) is 0 Å². The highest BCUT2D eigenvalue weighted by atomic mass is 32.1. The van der Waals surface area contributed by atoms with E-state index < -0.39 is 0 Å². The van der Waals surface area contributed by atoms with Crippen LogP contribution < -0.4 is 0 Å². The molecule has 0 saturated carbocycles. The second kappa shape index (κ2) is 11.9. The first kappa shape index (κ1) is 30.6. The van der Waals surface area contributed by atoms with E-state index in [0.29, 0.717) is 0 Å². The van der Waals surface area contributed by atoms with E-state index in [1.165, 1.54) is 118 Å². The minimum absolute atomic E-state index is 1.23. The van der Waals surface area contributed by atoms with Gasteiger partial charge < -0.3 is 0 Å². The van der Waals surface area contributed by atoms with Crippen molar-refractivity contribution in [2.45, 2.75) is 0 Å². The van der Waals surface area contributed by atoms with E-state index in [0.717, 1.165) is 0 Å². The maximum atomic E-state index is 2.49. The summed E-state index contributed by atoms with van der Waals surface area (Å²) in [7, 11) is 0. The van der Waals surface area contributed by atoms with Crippen molar-refractivity contribution in [3.05, 3.63) is 194 Å². The molecular formula is C54H32S. The summed E-state index contributed by atoms with van der Waals surface area (Å²) in [6.07, 6.45) is 0. The molecule has 1 heteroatoms. The van der Waals surface area contributed by atoms with Crippen molar-refractivity contribution in [2.24, 2.45) is 0 Å². The number of hydrogen-bond donors (Lipinski definition) is 0. The maximum Gasteiger partial charge on any atom is 0.0355 e. The van der Waals surface area contributed by atoms with E-state index in [9.17, 15) is 0 Å². The average Bonchev–Trinajstić information content (AvgIpc) is 3.63. The van der Waals surface area contributed by atoms with Crippen molar-refractivity contribution < 1.29 is 0 Å². The SMILES string of the molecule is c1cc(-c2ccc3sc4ccccc4c3c2)cc(-c2c3ccccc3c(-c3cc4c5ccccc5c5ccccc5c4c4ccccc34)c3ccccc23)c1. The topological polar surface area (TPSA) is 0 Å². The van der Waals surface area contributed by atoms with Crippen LogP contribution in [-0.4, -0.2) is 0 Å². The van der Waals surface area contributed by atoms with Crippen LogP contribution in [0.5, 0.6) is 0 Å². The predicted octanol–water partition coefficient (Wildman–Crippen LogP) is 16.0. The van der Waals surface area contributed by atoms with E-state index in [-0.39, 0.29) is 0 Å². The third-order valence-corrected chi connectivity index (χ3v) is 13.0. The van der Waals surface area contributed by atoms with Gasteiger partial charge in [0.2, 0.25) is 0 Å². The standard InChI is InChI=1S/C54H32S/c1-2-18-38-36(16-1)37-17-3-5-21-41(37)53-42-22-6-4-19-39(42)49(32-48(38)53)54-45-25-9-7-23-43(45)52(44-24-8-10-26-46(44)54)35-15-13-14-33(30-35)34-28-29-51-47(31-34)40-20-11-12-27-50(40)55-51/h1-32H. The molecule has 0 aliphatic carbocycles. The fourth-order valence-corrected chi connectivity index (χ4v) is 10.5. The van der Waals surface area contributed by atoms with E-state index in [1.807, 2.05) is 11.3 Å². The summed E-state index contributed by atoms with van der Waals surface area (Å²) in [5, 5.41) is 18.1. The molecule has 0 unspecified atom stereocenters. The molecule has 0 amide bonds. The van der Waals surface area contributed by atoms with Crippen LogP contribution in [0.4, 0.5) is 0 Å². The smallest absolute Gasteiger partial charge is 0.0355 e. The van der Waals surface area contributed by atoms with Crippen LogP contribution in [0.15, 0.2) is 194 Å². The Labute approximate surface area is 322 Å². The first-order valence-corrected chi connectivity index (χ1v) is 19.8. The number of rotatable bonds is 3. The molecule has 0 spiro atoms. The van der Waals surface area contributed by atoms with Gasteiger partial charge in [-0.1, -0.05) is 164 Å². The summed E-state index contributed by atoms with van der Waals surface area (Å²) < 4.78 is 2.67. The summed E-state index contributed by atoms with van der Waals surface area (Å²) in [6.45, 7) is 0. The number of thiophene rings is 1. The van der Waals surface area contributed by atoms with E-state index in [2.05, 4.69) is 194 Å². The predicted molar refractivity (Wildman–Crippen MR) is 241 cm³/mol. The monoisotopic (exact) mass is 712 g/mol. The van der Waals surface area contributed by atoms with Crippen LogP contribution in [0.25, 0.3) is 118 Å². The van der Waals surface area contributed by atoms with Crippen molar-refractivity contribution >= 4 is 96.1 Å². The van der Waals surface area contributed by atoms with Crippen molar-refractivity contribution in [1.82, 2.24) is 0 Å². The van der Waals surface area contributed by atoms with Gasteiger partial charge in [0.25, 0.3) is 0 Å². The van der Waals surface area contributed by atoms with Gasteiger partial charge in [0.1, 0.15) is 0 Å². The summed E-state index contributed by atoms with van der Waals surface area (Å²) in [5.74, 6) is 0. The Morgan fingerprint density at radius 1 is 0.236 bits per heavy atom. The zero-order valence-electron chi connectivity index (χ0n) is 29.9. The maximum absolute atomic E-state index is 2.49. The molecule has 55 heavy (non-hydrogen) atoms. The Balaban J connectivity index is 1.15. The zero-order valence-corrected chi connectivity index (χ0v) is 30.7. The molecule has 1 aromatic heterocycles. The van der Waals surface area contributed by atoms with Crippen LogP contribution in [0.1, 0.15) is 0 Å². The van der Waals surface area contributed by atoms with E-state index in [1.54, 1.807) is 0 Å². The highest BCUT2D eigenvalue weighted by molar-refractivity contribution is 7.25. The summed E-state index contributed by atoms with van der Waals surface area (Å²) in [6, 6.07) is 72.3. The largest absolute Gasteiger partial charge is 0.135 e. The van der Waals surface area contributed by atoms with Crippen LogP contribution in [0, 0.1) is 0 Å². The first-order chi connectivity index (χ1) is 27.3. The molecule has 0 aliphatic rings. The minimum atomic E-state index is 1.23. The zero-order chi connectivity index (χ0) is 36.0. The van der Waals surface area contributed by atoms with Gasteiger partial charge in [-0.15, -0.1) is 11.3 Å². The number of hydrogen-bond acceptors (Lipinski definition) is 1. The normalized spacial score (nSPS) is 12.0. The molecule has 0 aliphatic heterocycles. The van der Waals surface area contributed by atoms with Gasteiger partial charge in [0.05, 0.1) is 0 Å². The van der Waals surface area contributed by atoms with Gasteiger partial charge in [-0.25, -0.2) is 0 Å². The van der Waals surface area contributed by atoms with E-state index >= 15 is 0 Å². The summed E-state index contributed by atoms with van der Waals surface area (Å²) >= 11 is 1.87. The summed E-state index contributed by atoms with van der Waals surface area (Å²) in [4.78, 5) is 0. The fraction of sp³-hybridized carbons (Fsp3) is 0. The number of fused-ring (bicyclic) bond motifs is 13. The lowest BCUT2D eigenvalue weighted by Crippen LogP contribution is -1.93. The quantitative estimate of drug-likeness (QED) is 0.126. The lowest BCUT2D eigenvalue weighted by Gasteiger charge is -2.21. The van der Waals surface area contributed by atoms with Gasteiger partial charge in [0, 0.05) is 20.2 Å². The molecule has 0 bridgehead atoms. The van der Waals surface area contributed by atoms with Gasteiger partial charge in [0.15, 0.2) is 0 Å². The van der Waals surface area contributed by atoms with Crippen molar-refractivity contribution in [1.29, 1.82) is 0 Å². The van der Waals surface area contributed by atoms with Crippen molar-refractivity contribution in [3.8, 4) is 33.4 Å². The molecule has 11 aromatic carbocycles.